The van der Waals surface area contributed by atoms with Crippen LogP contribution in [0.3, 0.4) is 0 Å². The molecule has 1 aromatic rings. The first-order valence-electron chi connectivity index (χ1n) is 8.13. The lowest BCUT2D eigenvalue weighted by Crippen LogP contribution is -2.65. The van der Waals surface area contributed by atoms with E-state index in [4.69, 9.17) is 23.2 Å². The van der Waals surface area contributed by atoms with Crippen LogP contribution in [-0.2, 0) is 4.79 Å². The van der Waals surface area contributed by atoms with Crippen LogP contribution in [0.4, 0.5) is 13.2 Å². The minimum atomic E-state index is -5.10. The molecular weight excluding hydrogens is 408 g/mol. The number of hydrogen-bond donors (Lipinski definition) is 1. The van der Waals surface area contributed by atoms with Crippen LogP contribution in [0, 0.1) is 0 Å². The number of amides is 2. The van der Waals surface area contributed by atoms with Crippen molar-refractivity contribution < 1.29 is 27.9 Å². The number of benzene rings is 1. The summed E-state index contributed by atoms with van der Waals surface area (Å²) in [5.74, 6) is -1.83. The van der Waals surface area contributed by atoms with Crippen LogP contribution >= 0.6 is 23.2 Å². The van der Waals surface area contributed by atoms with Crippen LogP contribution in [0.15, 0.2) is 18.2 Å². The van der Waals surface area contributed by atoms with E-state index in [1.165, 1.54) is 30.0 Å². The zero-order valence-corrected chi connectivity index (χ0v) is 16.4. The molecule has 27 heavy (non-hydrogen) atoms. The minimum absolute atomic E-state index is 0.00378. The lowest BCUT2D eigenvalue weighted by molar-refractivity contribution is -0.251. The van der Waals surface area contributed by atoms with Crippen molar-refractivity contribution in [3.05, 3.63) is 33.8 Å². The predicted molar refractivity (Wildman–Crippen MR) is 94.8 cm³/mol. The van der Waals surface area contributed by atoms with Gasteiger partial charge < -0.3 is 14.9 Å². The molecule has 10 heteroatoms. The molecule has 5 nitrogen and oxygen atoms in total. The Hall–Kier alpha value is -1.51. The Morgan fingerprint density at radius 1 is 1.04 bits per heavy atom. The Kier molecular flexibility index (Phi) is 6.04. The first-order chi connectivity index (χ1) is 12.3. The van der Waals surface area contributed by atoms with Crippen molar-refractivity contribution in [2.75, 3.05) is 13.1 Å². The fourth-order valence-electron chi connectivity index (χ4n) is 2.94. The molecule has 0 spiro atoms. The molecular formula is C17H19Cl2F3N2O3. The lowest BCUT2D eigenvalue weighted by Gasteiger charge is -2.46. The normalized spacial score (nSPS) is 23.1. The Labute approximate surface area is 164 Å². The number of nitrogens with zero attached hydrogens (tertiary/aromatic N) is 2. The summed E-state index contributed by atoms with van der Waals surface area (Å²) in [5, 5.41) is 10.2. The van der Waals surface area contributed by atoms with E-state index in [0.717, 1.165) is 4.90 Å². The molecule has 3 atom stereocenters. The van der Waals surface area contributed by atoms with Crippen LogP contribution < -0.4 is 0 Å². The van der Waals surface area contributed by atoms with Gasteiger partial charge in [-0.1, -0.05) is 23.2 Å². The highest BCUT2D eigenvalue weighted by Gasteiger charge is 2.58. The van der Waals surface area contributed by atoms with Crippen molar-refractivity contribution in [1.82, 2.24) is 9.80 Å². The Morgan fingerprint density at radius 3 is 1.96 bits per heavy atom. The Morgan fingerprint density at radius 2 is 1.48 bits per heavy atom. The van der Waals surface area contributed by atoms with Gasteiger partial charge in [-0.3, -0.25) is 9.59 Å². The summed E-state index contributed by atoms with van der Waals surface area (Å²) in [6.07, 6.45) is -5.10. The van der Waals surface area contributed by atoms with E-state index in [2.05, 4.69) is 0 Å². The first kappa shape index (κ1) is 21.8. The second-order valence-corrected chi connectivity index (χ2v) is 7.71. The SMILES string of the molecule is C[C@@H]1CN(C(=O)[C@@](C)(O)C(F)(F)F)[C@@H](C)CN1C(=O)c1cc(Cl)cc(Cl)c1. The molecule has 1 N–H and O–H groups in total. The van der Waals surface area contributed by atoms with Gasteiger partial charge in [0.2, 0.25) is 5.60 Å². The standard InChI is InChI=1S/C17H19Cl2F3N2O3/c1-9-8-24(15(26)16(3,27)17(20,21)22)10(2)7-23(9)14(25)11-4-12(18)6-13(19)5-11/h4-6,9-10,27H,7-8H2,1-3H3/t9-,10+,16-/m1/s1. The molecule has 1 saturated heterocycles. The van der Waals surface area contributed by atoms with E-state index < -0.39 is 35.7 Å². The quantitative estimate of drug-likeness (QED) is 0.788. The number of hydrogen-bond acceptors (Lipinski definition) is 3. The van der Waals surface area contributed by atoms with Gasteiger partial charge >= 0.3 is 6.18 Å². The molecule has 0 aliphatic carbocycles. The number of carbonyl (C=O) groups is 2. The van der Waals surface area contributed by atoms with Crippen LogP contribution in [0.1, 0.15) is 31.1 Å². The second-order valence-electron chi connectivity index (χ2n) is 6.84. The summed E-state index contributed by atoms with van der Waals surface area (Å²) in [7, 11) is 0. The Bertz CT molecular complexity index is 735. The van der Waals surface area contributed by atoms with Gasteiger partial charge in [-0.25, -0.2) is 0 Å². The van der Waals surface area contributed by atoms with Gasteiger partial charge in [0.25, 0.3) is 11.8 Å². The average Bonchev–Trinajstić information content (AvgIpc) is 2.53. The molecule has 1 aliphatic heterocycles. The van der Waals surface area contributed by atoms with Crippen molar-refractivity contribution >= 4 is 35.0 Å². The summed E-state index contributed by atoms with van der Waals surface area (Å²) >= 11 is 11.8. The van der Waals surface area contributed by atoms with Crippen LogP contribution in [-0.4, -0.2) is 63.7 Å². The minimum Gasteiger partial charge on any atom is -0.373 e. The number of aliphatic hydroxyl groups is 1. The fraction of sp³-hybridized carbons (Fsp3) is 0.529. The maximum atomic E-state index is 13.0. The van der Waals surface area contributed by atoms with Crippen molar-refractivity contribution in [3.63, 3.8) is 0 Å². The van der Waals surface area contributed by atoms with E-state index >= 15 is 0 Å². The van der Waals surface area contributed by atoms with Crippen molar-refractivity contribution in [2.24, 2.45) is 0 Å². The highest BCUT2D eigenvalue weighted by molar-refractivity contribution is 6.35. The monoisotopic (exact) mass is 426 g/mol. The molecule has 1 heterocycles. The maximum Gasteiger partial charge on any atom is 0.426 e. The van der Waals surface area contributed by atoms with Gasteiger partial charge in [-0.2, -0.15) is 13.2 Å². The summed E-state index contributed by atoms with van der Waals surface area (Å²) in [6.45, 7) is 3.41. The van der Waals surface area contributed by atoms with E-state index in [1.54, 1.807) is 6.92 Å². The van der Waals surface area contributed by atoms with Crippen LogP contribution in [0.25, 0.3) is 0 Å². The van der Waals surface area contributed by atoms with E-state index in [9.17, 15) is 27.9 Å². The van der Waals surface area contributed by atoms with Gasteiger partial charge in [0.15, 0.2) is 0 Å². The zero-order chi connectivity index (χ0) is 20.7. The summed E-state index contributed by atoms with van der Waals surface area (Å²) in [5.41, 5.74) is -3.25. The zero-order valence-electron chi connectivity index (χ0n) is 14.8. The third-order valence-corrected chi connectivity index (χ3v) is 5.02. The Balaban J connectivity index is 2.22. The third kappa shape index (κ3) is 4.33. The molecule has 0 unspecified atom stereocenters. The first-order valence-corrected chi connectivity index (χ1v) is 8.88. The summed E-state index contributed by atoms with van der Waals surface area (Å²) in [4.78, 5) is 27.4. The van der Waals surface area contributed by atoms with Gasteiger partial charge in [0.05, 0.1) is 0 Å². The van der Waals surface area contributed by atoms with Crippen molar-refractivity contribution in [2.45, 2.75) is 44.6 Å². The van der Waals surface area contributed by atoms with Gasteiger partial charge in [0, 0.05) is 40.8 Å². The molecule has 1 fully saturated rings. The summed E-state index contributed by atoms with van der Waals surface area (Å²) < 4.78 is 38.9. The maximum absolute atomic E-state index is 13.0. The van der Waals surface area contributed by atoms with Gasteiger partial charge in [-0.05, 0) is 39.0 Å². The number of piperazine rings is 1. The number of carbonyl (C=O) groups excluding carboxylic acids is 2. The number of rotatable bonds is 2. The smallest absolute Gasteiger partial charge is 0.373 e. The molecule has 2 rings (SSSR count). The second kappa shape index (κ2) is 7.48. The highest BCUT2D eigenvalue weighted by Crippen LogP contribution is 2.33. The largest absolute Gasteiger partial charge is 0.426 e. The molecule has 1 aliphatic rings. The van der Waals surface area contributed by atoms with Crippen LogP contribution in [0.2, 0.25) is 10.0 Å². The van der Waals surface area contributed by atoms with E-state index in [-0.39, 0.29) is 28.7 Å². The lowest BCUT2D eigenvalue weighted by atomic mass is 10.00. The molecule has 1 aromatic carbocycles. The molecule has 150 valence electrons. The van der Waals surface area contributed by atoms with Gasteiger partial charge in [0.1, 0.15) is 0 Å². The van der Waals surface area contributed by atoms with Crippen molar-refractivity contribution in [1.29, 1.82) is 0 Å². The number of halogens is 5. The summed E-state index contributed by atoms with van der Waals surface area (Å²) in [6, 6.07) is 3.07. The fourth-order valence-corrected chi connectivity index (χ4v) is 3.46. The molecule has 0 saturated carbocycles. The van der Waals surface area contributed by atoms with Crippen LogP contribution in [0.5, 0.6) is 0 Å². The number of alkyl halides is 3. The van der Waals surface area contributed by atoms with E-state index in [1.807, 2.05) is 0 Å². The molecule has 2 amide bonds. The van der Waals surface area contributed by atoms with E-state index in [0.29, 0.717) is 6.92 Å². The molecule has 0 aromatic heterocycles. The topological polar surface area (TPSA) is 60.9 Å². The predicted octanol–water partition coefficient (Wildman–Crippen LogP) is 3.37. The highest BCUT2D eigenvalue weighted by atomic mass is 35.5. The third-order valence-electron chi connectivity index (χ3n) is 4.59. The van der Waals surface area contributed by atoms with Crippen molar-refractivity contribution in [3.8, 4) is 0 Å². The average molecular weight is 427 g/mol. The molecule has 0 radical (unpaired) electrons. The molecule has 0 bridgehead atoms. The van der Waals surface area contributed by atoms with Gasteiger partial charge in [-0.15, -0.1) is 0 Å².